The van der Waals surface area contributed by atoms with Crippen LogP contribution in [0.25, 0.3) is 0 Å². The summed E-state index contributed by atoms with van der Waals surface area (Å²) in [6.07, 6.45) is 0.968. The Bertz CT molecular complexity index is 70.9. The molecule has 0 heterocycles. The minimum absolute atomic E-state index is 0. The molecule has 2 heteroatoms. The monoisotopic (exact) mass is 297 g/mol. The molecule has 0 aromatic rings. The first-order valence-electron chi connectivity index (χ1n) is 2.69. The second kappa shape index (κ2) is 5.55. The molecule has 1 atom stereocenters. The third kappa shape index (κ3) is 4.57. The van der Waals surface area contributed by atoms with E-state index < -0.39 is 0 Å². The van der Waals surface area contributed by atoms with E-state index in [4.69, 9.17) is 0 Å². The maximum absolute atomic E-state index is 10.4. The van der Waals surface area contributed by atoms with Gasteiger partial charge in [0.1, 0.15) is 5.78 Å². The molecule has 0 aliphatic heterocycles. The molecular weight excluding hydrogens is 285 g/mol. The maximum Gasteiger partial charge on any atom is 0.132 e. The zero-order valence-electron chi connectivity index (χ0n) is 5.49. The van der Waals surface area contributed by atoms with Crippen molar-refractivity contribution in [1.82, 2.24) is 0 Å². The van der Waals surface area contributed by atoms with Crippen LogP contribution in [0.5, 0.6) is 0 Å². The Kier molecular flexibility index (Phi) is 7.79. The van der Waals surface area contributed by atoms with Crippen LogP contribution in [0.4, 0.5) is 0 Å². The predicted molar refractivity (Wildman–Crippen MR) is 30.1 cm³/mol. The molecule has 0 aliphatic rings. The van der Waals surface area contributed by atoms with Gasteiger partial charge in [-0.3, -0.25) is 4.79 Å². The van der Waals surface area contributed by atoms with E-state index in [2.05, 4.69) is 0 Å². The normalized spacial score (nSPS) is 11.9. The van der Waals surface area contributed by atoms with Crippen LogP contribution in [0.15, 0.2) is 0 Å². The third-order valence-corrected chi connectivity index (χ3v) is 1.31. The summed E-state index contributed by atoms with van der Waals surface area (Å²) >= 11 is 0. The van der Waals surface area contributed by atoms with Crippen molar-refractivity contribution in [1.29, 1.82) is 0 Å². The van der Waals surface area contributed by atoms with Crippen LogP contribution in [-0.4, -0.2) is 5.78 Å². The number of ketones is 1. The van der Waals surface area contributed by atoms with Gasteiger partial charge in [0.15, 0.2) is 0 Å². The molecule has 0 rings (SSSR count). The van der Waals surface area contributed by atoms with Gasteiger partial charge in [-0.05, 0) is 13.3 Å². The van der Waals surface area contributed by atoms with Crippen LogP contribution < -0.4 is 0 Å². The minimum atomic E-state index is 0. The van der Waals surface area contributed by atoms with Crippen LogP contribution in [0.2, 0.25) is 0 Å². The van der Waals surface area contributed by atoms with E-state index in [1.165, 1.54) is 0 Å². The molecule has 0 N–H and O–H groups in total. The van der Waals surface area contributed by atoms with Crippen molar-refractivity contribution >= 4 is 5.78 Å². The fourth-order valence-corrected chi connectivity index (χ4v) is 0.287. The molecule has 8 heavy (non-hydrogen) atoms. The molecule has 0 fully saturated rings. The Hall–Kier alpha value is 0.410. The summed E-state index contributed by atoms with van der Waals surface area (Å²) in [6, 6.07) is 0. The molecule has 0 aliphatic carbocycles. The van der Waals surface area contributed by atoms with Gasteiger partial charge in [0, 0.05) is 28.3 Å². The second-order valence-corrected chi connectivity index (χ2v) is 1.92. The third-order valence-electron chi connectivity index (χ3n) is 1.31. The molecule has 0 amide bonds. The Morgan fingerprint density at radius 1 is 1.62 bits per heavy atom. The van der Waals surface area contributed by atoms with Crippen LogP contribution >= 0.6 is 0 Å². The van der Waals surface area contributed by atoms with Crippen LogP contribution in [0.3, 0.4) is 0 Å². The van der Waals surface area contributed by atoms with Crippen molar-refractivity contribution in [3.63, 3.8) is 0 Å². The number of carbonyl (C=O) groups excluding carboxylic acids is 1. The minimum Gasteiger partial charge on any atom is -0.300 e. The summed E-state index contributed by atoms with van der Waals surface area (Å²) in [7, 11) is 0. The quantitative estimate of drug-likeness (QED) is 0.708. The largest absolute Gasteiger partial charge is 0.300 e. The Balaban J connectivity index is 0. The van der Waals surface area contributed by atoms with Gasteiger partial charge < -0.3 is 0 Å². The summed E-state index contributed by atoms with van der Waals surface area (Å²) in [5, 5.41) is 0. The smallest absolute Gasteiger partial charge is 0.132 e. The molecule has 0 bridgehead atoms. The van der Waals surface area contributed by atoms with Crippen molar-refractivity contribution in [2.24, 2.45) is 5.92 Å². The van der Waals surface area contributed by atoms with Gasteiger partial charge in [-0.1, -0.05) is 13.8 Å². The topological polar surface area (TPSA) is 17.1 Å². The average molecular weight is 297 g/mol. The van der Waals surface area contributed by atoms with Crippen LogP contribution in [0, 0.1) is 5.92 Å². The number of hydrogen-bond donors (Lipinski definition) is 0. The molecule has 0 saturated carbocycles. The number of rotatable bonds is 2. The van der Waals surface area contributed by atoms with Crippen LogP contribution in [-0.2, 0) is 27.2 Å². The molecule has 1 radical (unpaired) electrons. The first kappa shape index (κ1) is 11.2. The van der Waals surface area contributed by atoms with E-state index in [0.29, 0.717) is 5.78 Å². The average Bonchev–Trinajstić information content (AvgIpc) is 1.65. The van der Waals surface area contributed by atoms with Crippen LogP contribution in [0.1, 0.15) is 27.2 Å². The standard InChI is InChI=1S/C6H12O.Au/c1-4-5(2)6(3)7;/h5H,4H2,1-3H3;. The maximum atomic E-state index is 10.4. The summed E-state index contributed by atoms with van der Waals surface area (Å²) < 4.78 is 0. The summed E-state index contributed by atoms with van der Waals surface area (Å²) in [4.78, 5) is 10.4. The van der Waals surface area contributed by atoms with Gasteiger partial charge in [-0.25, -0.2) is 0 Å². The van der Waals surface area contributed by atoms with E-state index in [0.717, 1.165) is 6.42 Å². The van der Waals surface area contributed by atoms with E-state index in [1.54, 1.807) is 6.92 Å². The SMILES string of the molecule is CCC(C)C(C)=O.[Au]. The zero-order chi connectivity index (χ0) is 5.86. The van der Waals surface area contributed by atoms with Gasteiger partial charge in [-0.15, -0.1) is 0 Å². The van der Waals surface area contributed by atoms with Gasteiger partial charge in [0.05, 0.1) is 0 Å². The number of carbonyl (C=O) groups is 1. The van der Waals surface area contributed by atoms with Crippen molar-refractivity contribution in [3.8, 4) is 0 Å². The van der Waals surface area contributed by atoms with Crippen molar-refractivity contribution in [2.45, 2.75) is 27.2 Å². The summed E-state index contributed by atoms with van der Waals surface area (Å²) in [5.74, 6) is 0.558. The molecule has 0 aromatic heterocycles. The van der Waals surface area contributed by atoms with E-state index in [9.17, 15) is 4.79 Å². The van der Waals surface area contributed by atoms with Gasteiger partial charge in [0.25, 0.3) is 0 Å². The van der Waals surface area contributed by atoms with Crippen molar-refractivity contribution in [2.75, 3.05) is 0 Å². The number of hydrogen-bond acceptors (Lipinski definition) is 1. The Labute approximate surface area is 66.4 Å². The summed E-state index contributed by atoms with van der Waals surface area (Å²) in [6.45, 7) is 5.60. The Morgan fingerprint density at radius 2 is 2.00 bits per heavy atom. The van der Waals surface area contributed by atoms with Gasteiger partial charge >= 0.3 is 0 Å². The Morgan fingerprint density at radius 3 is 2.00 bits per heavy atom. The molecule has 1 nitrogen and oxygen atoms in total. The van der Waals surface area contributed by atoms with Gasteiger partial charge in [-0.2, -0.15) is 0 Å². The molecule has 0 spiro atoms. The van der Waals surface area contributed by atoms with Gasteiger partial charge in [0.2, 0.25) is 0 Å². The molecule has 0 saturated heterocycles. The molecular formula is C6H12AuO. The fourth-order valence-electron chi connectivity index (χ4n) is 0.287. The number of Topliss-reactive ketones (excluding diaryl/α,β-unsaturated/α-hetero) is 1. The first-order chi connectivity index (χ1) is 3.18. The van der Waals surface area contributed by atoms with Crippen molar-refractivity contribution < 1.29 is 27.2 Å². The predicted octanol–water partition coefficient (Wildman–Crippen LogP) is 1.62. The fraction of sp³-hybridized carbons (Fsp3) is 0.833. The second-order valence-electron chi connectivity index (χ2n) is 1.92. The molecule has 53 valence electrons. The van der Waals surface area contributed by atoms with E-state index in [-0.39, 0.29) is 28.3 Å². The van der Waals surface area contributed by atoms with E-state index >= 15 is 0 Å². The summed E-state index contributed by atoms with van der Waals surface area (Å²) in [5.41, 5.74) is 0. The van der Waals surface area contributed by atoms with E-state index in [1.807, 2.05) is 13.8 Å². The molecule has 0 aromatic carbocycles. The van der Waals surface area contributed by atoms with Crippen molar-refractivity contribution in [3.05, 3.63) is 0 Å². The first-order valence-corrected chi connectivity index (χ1v) is 2.69. The zero-order valence-corrected chi connectivity index (χ0v) is 7.66. The molecule has 1 unspecified atom stereocenters.